The summed E-state index contributed by atoms with van der Waals surface area (Å²) in [6.45, 7) is 5.87. The number of carbonyl (C=O) groups is 1. The molecule has 1 aliphatic rings. The number of rotatable bonds is 5. The summed E-state index contributed by atoms with van der Waals surface area (Å²) < 4.78 is 1.73. The Hall–Kier alpha value is -2.06. The number of nitrogens with one attached hydrogen (secondary N) is 2. The van der Waals surface area contributed by atoms with Crippen LogP contribution >= 0.6 is 11.3 Å². The minimum absolute atomic E-state index is 0.211. The zero-order valence-corrected chi connectivity index (χ0v) is 17.2. The van der Waals surface area contributed by atoms with E-state index in [1.54, 1.807) is 15.9 Å². The topological polar surface area (TPSA) is 76.6 Å². The lowest BCUT2D eigenvalue weighted by molar-refractivity contribution is -0.858. The van der Waals surface area contributed by atoms with Crippen molar-refractivity contribution in [2.24, 2.45) is 5.92 Å². The van der Waals surface area contributed by atoms with Gasteiger partial charge in [-0.1, -0.05) is 6.92 Å². The van der Waals surface area contributed by atoms with E-state index in [2.05, 4.69) is 36.4 Å². The fourth-order valence-corrected chi connectivity index (χ4v) is 5.02. The predicted octanol–water partition coefficient (Wildman–Crippen LogP) is 1.04. The van der Waals surface area contributed by atoms with Gasteiger partial charge in [-0.15, -0.1) is 16.4 Å². The lowest BCUT2D eigenvalue weighted by atomic mass is 9.89. The van der Waals surface area contributed by atoms with Crippen LogP contribution < -0.4 is 10.2 Å². The van der Waals surface area contributed by atoms with Gasteiger partial charge in [0.25, 0.3) is 5.91 Å². The van der Waals surface area contributed by atoms with Gasteiger partial charge < -0.3 is 10.2 Å². The number of hydrogen-bond acceptors (Lipinski definition) is 5. The highest BCUT2D eigenvalue weighted by Gasteiger charge is 2.25. The Morgan fingerprint density at radius 3 is 2.96 bits per heavy atom. The molecular formula is C19H27N6OS+. The van der Waals surface area contributed by atoms with E-state index in [1.165, 1.54) is 21.8 Å². The lowest BCUT2D eigenvalue weighted by Gasteiger charge is -2.17. The molecule has 0 unspecified atom stereocenters. The van der Waals surface area contributed by atoms with Crippen LogP contribution in [0.5, 0.6) is 0 Å². The summed E-state index contributed by atoms with van der Waals surface area (Å²) in [5.41, 5.74) is 2.13. The number of amides is 1. The van der Waals surface area contributed by atoms with Crippen LogP contribution in [0.3, 0.4) is 0 Å². The zero-order chi connectivity index (χ0) is 19.1. The van der Waals surface area contributed by atoms with Gasteiger partial charge >= 0.3 is 0 Å². The SMILES string of the molecule is Cc1nc2sc3c(c2c2nc(C(=O)NCCC[NH+](C)C)nn12)C[C@H](C)CC3. The molecule has 0 saturated carbocycles. The Kier molecular flexibility index (Phi) is 4.86. The molecule has 0 saturated heterocycles. The molecule has 0 aliphatic heterocycles. The average Bonchev–Trinajstić information content (AvgIpc) is 3.19. The third kappa shape index (κ3) is 3.43. The van der Waals surface area contributed by atoms with Crippen molar-refractivity contribution in [1.82, 2.24) is 24.9 Å². The standard InChI is InChI=1S/C19H26N6OS/c1-11-6-7-14-13(10-11)15-17-22-16(18(26)20-8-5-9-24(3)4)23-25(17)12(2)21-19(15)27-14/h11H,5-10H2,1-4H3,(H,20,26)/p+1/t11-/m1/s1. The second kappa shape index (κ2) is 7.16. The first-order valence-corrected chi connectivity index (χ1v) is 10.5. The van der Waals surface area contributed by atoms with Crippen molar-refractivity contribution in [3.05, 3.63) is 22.1 Å². The van der Waals surface area contributed by atoms with E-state index in [4.69, 9.17) is 4.98 Å². The molecule has 7 nitrogen and oxygen atoms in total. The van der Waals surface area contributed by atoms with Crippen LogP contribution in [0.25, 0.3) is 15.9 Å². The van der Waals surface area contributed by atoms with Crippen LogP contribution in [0.1, 0.15) is 46.6 Å². The normalized spacial score (nSPS) is 17.0. The van der Waals surface area contributed by atoms with Gasteiger partial charge in [-0.2, -0.15) is 4.52 Å². The smallest absolute Gasteiger partial charge is 0.290 e. The molecule has 0 fully saturated rings. The summed E-state index contributed by atoms with van der Waals surface area (Å²) in [6, 6.07) is 0. The molecule has 0 spiro atoms. The molecule has 8 heteroatoms. The van der Waals surface area contributed by atoms with Crippen LogP contribution in [0.2, 0.25) is 0 Å². The molecule has 1 atom stereocenters. The first kappa shape index (κ1) is 18.3. The van der Waals surface area contributed by atoms with E-state index in [-0.39, 0.29) is 11.7 Å². The molecule has 0 aromatic carbocycles. The van der Waals surface area contributed by atoms with E-state index in [0.717, 1.165) is 47.5 Å². The molecule has 0 radical (unpaired) electrons. The highest BCUT2D eigenvalue weighted by molar-refractivity contribution is 7.19. The molecule has 4 rings (SSSR count). The van der Waals surface area contributed by atoms with Gasteiger partial charge in [0, 0.05) is 17.8 Å². The van der Waals surface area contributed by atoms with Gasteiger partial charge in [-0.05, 0) is 37.7 Å². The van der Waals surface area contributed by atoms with Gasteiger partial charge in [-0.3, -0.25) is 4.79 Å². The number of fused-ring (bicyclic) bond motifs is 5. The number of quaternary nitrogens is 1. The van der Waals surface area contributed by atoms with E-state index >= 15 is 0 Å². The van der Waals surface area contributed by atoms with E-state index in [9.17, 15) is 4.79 Å². The Labute approximate surface area is 162 Å². The molecule has 2 N–H and O–H groups in total. The Bertz CT molecular complexity index is 1000. The van der Waals surface area contributed by atoms with E-state index < -0.39 is 0 Å². The minimum atomic E-state index is -0.211. The number of aromatic nitrogens is 4. The predicted molar refractivity (Wildman–Crippen MR) is 107 cm³/mol. The lowest BCUT2D eigenvalue weighted by Crippen LogP contribution is -3.05. The third-order valence-electron chi connectivity index (χ3n) is 5.23. The molecule has 0 bridgehead atoms. The molecule has 27 heavy (non-hydrogen) atoms. The van der Waals surface area contributed by atoms with Crippen molar-refractivity contribution in [1.29, 1.82) is 0 Å². The minimum Gasteiger partial charge on any atom is -0.349 e. The highest BCUT2D eigenvalue weighted by atomic mass is 32.1. The van der Waals surface area contributed by atoms with E-state index in [1.807, 2.05) is 6.92 Å². The maximum atomic E-state index is 12.5. The van der Waals surface area contributed by atoms with Crippen molar-refractivity contribution in [3.63, 3.8) is 0 Å². The molecule has 1 amide bonds. The van der Waals surface area contributed by atoms with Gasteiger partial charge in [-0.25, -0.2) is 9.97 Å². The quantitative estimate of drug-likeness (QED) is 0.642. The van der Waals surface area contributed by atoms with Crippen LogP contribution in [0.4, 0.5) is 0 Å². The fraction of sp³-hybridized carbons (Fsp3) is 0.579. The van der Waals surface area contributed by atoms with Crippen molar-refractivity contribution < 1.29 is 9.69 Å². The monoisotopic (exact) mass is 387 g/mol. The number of thiophene rings is 1. The van der Waals surface area contributed by atoms with Crippen LogP contribution in [-0.4, -0.2) is 52.7 Å². The number of aryl methyl sites for hydroxylation is 2. The number of carbonyl (C=O) groups excluding carboxylic acids is 1. The first-order chi connectivity index (χ1) is 12.9. The Morgan fingerprint density at radius 1 is 1.37 bits per heavy atom. The van der Waals surface area contributed by atoms with Crippen LogP contribution in [-0.2, 0) is 12.8 Å². The van der Waals surface area contributed by atoms with Crippen molar-refractivity contribution in [3.8, 4) is 0 Å². The van der Waals surface area contributed by atoms with Crippen LogP contribution in [0, 0.1) is 12.8 Å². The van der Waals surface area contributed by atoms with E-state index in [0.29, 0.717) is 12.5 Å². The maximum absolute atomic E-state index is 12.5. The first-order valence-electron chi connectivity index (χ1n) is 9.69. The fourth-order valence-electron chi connectivity index (χ4n) is 3.77. The summed E-state index contributed by atoms with van der Waals surface area (Å²) >= 11 is 1.77. The van der Waals surface area contributed by atoms with Gasteiger partial charge in [0.2, 0.25) is 5.82 Å². The zero-order valence-electron chi connectivity index (χ0n) is 16.4. The summed E-state index contributed by atoms with van der Waals surface area (Å²) in [7, 11) is 4.21. The summed E-state index contributed by atoms with van der Waals surface area (Å²) in [6.07, 6.45) is 4.32. The second-order valence-electron chi connectivity index (χ2n) is 7.93. The molecular weight excluding hydrogens is 360 g/mol. The summed E-state index contributed by atoms with van der Waals surface area (Å²) in [4.78, 5) is 25.7. The Morgan fingerprint density at radius 2 is 2.19 bits per heavy atom. The Balaban J connectivity index is 1.69. The summed E-state index contributed by atoms with van der Waals surface area (Å²) in [5, 5.41) is 8.48. The molecule has 3 aromatic rings. The van der Waals surface area contributed by atoms with Crippen molar-refractivity contribution >= 4 is 33.1 Å². The van der Waals surface area contributed by atoms with Crippen molar-refractivity contribution in [2.45, 2.75) is 39.5 Å². The second-order valence-corrected chi connectivity index (χ2v) is 9.01. The molecule has 144 valence electrons. The molecule has 3 heterocycles. The average molecular weight is 388 g/mol. The van der Waals surface area contributed by atoms with Gasteiger partial charge in [0.1, 0.15) is 10.7 Å². The third-order valence-corrected chi connectivity index (χ3v) is 6.42. The maximum Gasteiger partial charge on any atom is 0.290 e. The largest absolute Gasteiger partial charge is 0.349 e. The summed E-state index contributed by atoms with van der Waals surface area (Å²) in [5.74, 6) is 1.46. The highest BCUT2D eigenvalue weighted by Crippen LogP contribution is 2.38. The molecule has 1 aliphatic carbocycles. The number of hydrogen-bond donors (Lipinski definition) is 2. The van der Waals surface area contributed by atoms with Crippen LogP contribution in [0.15, 0.2) is 0 Å². The van der Waals surface area contributed by atoms with Gasteiger partial charge in [0.05, 0.1) is 26.0 Å². The van der Waals surface area contributed by atoms with Gasteiger partial charge in [0.15, 0.2) is 5.65 Å². The number of nitrogens with zero attached hydrogens (tertiary/aromatic N) is 4. The molecule has 3 aromatic heterocycles. The van der Waals surface area contributed by atoms with Crippen molar-refractivity contribution in [2.75, 3.05) is 27.2 Å².